The van der Waals surface area contributed by atoms with Gasteiger partial charge < -0.3 is 5.11 Å². The zero-order valence-corrected chi connectivity index (χ0v) is 11.1. The second-order valence-electron chi connectivity index (χ2n) is 2.61. The number of rotatable bonds is 0. The van der Waals surface area contributed by atoms with Gasteiger partial charge in [-0.15, -0.1) is 0 Å². The third-order valence-electron chi connectivity index (χ3n) is 1.33. The van der Waals surface area contributed by atoms with Crippen molar-refractivity contribution in [3.8, 4) is 6.26 Å². The van der Waals surface area contributed by atoms with Crippen LogP contribution in [0.1, 0.15) is 7.43 Å². The maximum absolute atomic E-state index is 8.35. The molecule has 116 valence electrons. The molecular formula is C16H19N3O3. The van der Waals surface area contributed by atoms with Crippen LogP contribution in [-0.4, -0.2) is 17.3 Å². The Morgan fingerprint density at radius 3 is 0.727 bits per heavy atom. The fraction of sp³-hybridized carbons (Fsp3) is 0.0625. The van der Waals surface area contributed by atoms with E-state index in [9.17, 15) is 0 Å². The number of nitrogens with one attached hydrogen (secondary N) is 2. The van der Waals surface area contributed by atoms with Gasteiger partial charge in [0.05, 0.1) is 0 Å². The SMILES string of the molecule is C.N#CO.N=C=O.N=C=O.c1ccccc1.c1ccccc1. The van der Waals surface area contributed by atoms with Gasteiger partial charge in [0, 0.05) is 0 Å². The summed E-state index contributed by atoms with van der Waals surface area (Å²) in [7, 11) is 0. The average Bonchev–Trinajstić information content (AvgIpc) is 2.54. The van der Waals surface area contributed by atoms with Crippen LogP contribution >= 0.6 is 0 Å². The fourth-order valence-corrected chi connectivity index (χ4v) is 0.770. The minimum Gasteiger partial charge on any atom is -0.443 e. The molecule has 0 saturated carbocycles. The first-order valence-electron chi connectivity index (χ1n) is 5.36. The summed E-state index contributed by atoms with van der Waals surface area (Å²) in [4.78, 5) is 16.7. The van der Waals surface area contributed by atoms with Crippen LogP contribution in [0.4, 0.5) is 0 Å². The zero-order valence-electron chi connectivity index (χ0n) is 11.1. The van der Waals surface area contributed by atoms with Crippen molar-refractivity contribution in [1.29, 1.82) is 16.1 Å². The molecule has 0 aliphatic heterocycles. The second kappa shape index (κ2) is 36.0. The standard InChI is InChI=1S/2C6H6.3CHNO.CH4/c2*1-2-4-6-5-3-1;3*2-1-3;/h2*1-6H;3H;2*2H;1H4. The van der Waals surface area contributed by atoms with Gasteiger partial charge in [0.15, 0.2) is 0 Å². The van der Waals surface area contributed by atoms with Crippen molar-refractivity contribution in [2.45, 2.75) is 7.43 Å². The Bertz CT molecular complexity index is 402. The van der Waals surface area contributed by atoms with Gasteiger partial charge in [-0.2, -0.15) is 5.26 Å². The summed E-state index contributed by atoms with van der Waals surface area (Å²) in [6.45, 7) is 0. The number of isocyanates is 2. The molecule has 6 heteroatoms. The first kappa shape index (κ1) is 26.9. The normalized spacial score (nSPS) is 5.41. The molecule has 6 nitrogen and oxygen atoms in total. The van der Waals surface area contributed by atoms with Gasteiger partial charge in [-0.1, -0.05) is 80.2 Å². The molecule has 0 aromatic heterocycles. The lowest BCUT2D eigenvalue weighted by Crippen LogP contribution is -1.47. The third-order valence-corrected chi connectivity index (χ3v) is 1.33. The summed E-state index contributed by atoms with van der Waals surface area (Å²) in [6.07, 6.45) is 2.25. The Hall–Kier alpha value is -3.51. The largest absolute Gasteiger partial charge is 0.443 e. The van der Waals surface area contributed by atoms with E-state index in [0.29, 0.717) is 0 Å². The lowest BCUT2D eigenvalue weighted by atomic mass is 10.4. The number of nitrogens with zero attached hydrogens (tertiary/aromatic N) is 1. The lowest BCUT2D eigenvalue weighted by molar-refractivity contribution is 0.503. The van der Waals surface area contributed by atoms with Crippen LogP contribution in [0.2, 0.25) is 0 Å². The molecule has 0 bridgehead atoms. The van der Waals surface area contributed by atoms with E-state index < -0.39 is 0 Å². The van der Waals surface area contributed by atoms with Crippen molar-refractivity contribution < 1.29 is 14.7 Å². The molecule has 0 radical (unpaired) electrons. The van der Waals surface area contributed by atoms with Crippen molar-refractivity contribution in [2.75, 3.05) is 0 Å². The van der Waals surface area contributed by atoms with E-state index in [0.717, 1.165) is 18.4 Å². The number of carbonyl (C=O) groups excluding carboxylic acids is 2. The van der Waals surface area contributed by atoms with Crippen LogP contribution in [0.15, 0.2) is 72.8 Å². The predicted molar refractivity (Wildman–Crippen MR) is 84.0 cm³/mol. The summed E-state index contributed by atoms with van der Waals surface area (Å²) in [5, 5.41) is 24.6. The minimum absolute atomic E-state index is 0. The van der Waals surface area contributed by atoms with Crippen LogP contribution in [0, 0.1) is 22.3 Å². The second-order valence-corrected chi connectivity index (χ2v) is 2.61. The third kappa shape index (κ3) is 54.9. The van der Waals surface area contributed by atoms with Crippen LogP contribution in [-0.2, 0) is 9.59 Å². The summed E-state index contributed by atoms with van der Waals surface area (Å²) >= 11 is 0. The smallest absolute Gasteiger partial charge is 0.283 e. The van der Waals surface area contributed by atoms with Gasteiger partial charge >= 0.3 is 0 Å². The fourth-order valence-electron chi connectivity index (χ4n) is 0.770. The molecule has 0 amide bonds. The number of benzene rings is 2. The molecule has 0 spiro atoms. The Kier molecular flexibility index (Phi) is 44.1. The van der Waals surface area contributed by atoms with Crippen LogP contribution in [0.3, 0.4) is 0 Å². The highest BCUT2D eigenvalue weighted by molar-refractivity contribution is 5.26. The minimum atomic E-state index is 0. The van der Waals surface area contributed by atoms with Crippen LogP contribution < -0.4 is 0 Å². The summed E-state index contributed by atoms with van der Waals surface area (Å²) < 4.78 is 0. The van der Waals surface area contributed by atoms with Crippen LogP contribution in [0.25, 0.3) is 0 Å². The first-order chi connectivity index (χ1) is 10.2. The van der Waals surface area contributed by atoms with E-state index in [4.69, 9.17) is 30.8 Å². The number of nitriles is 1. The predicted octanol–water partition coefficient (Wildman–Crippen LogP) is 3.65. The summed E-state index contributed by atoms with van der Waals surface area (Å²) in [5.41, 5.74) is 0. The first-order valence-corrected chi connectivity index (χ1v) is 5.36. The van der Waals surface area contributed by atoms with Gasteiger partial charge in [0.2, 0.25) is 12.2 Å². The Morgan fingerprint density at radius 2 is 0.682 bits per heavy atom. The van der Waals surface area contributed by atoms with Crippen LogP contribution in [0.5, 0.6) is 0 Å². The number of hydrogen-bond acceptors (Lipinski definition) is 6. The molecule has 0 unspecified atom stereocenters. The van der Waals surface area contributed by atoms with Crippen molar-refractivity contribution >= 4 is 12.2 Å². The van der Waals surface area contributed by atoms with E-state index in [1.165, 1.54) is 0 Å². The Morgan fingerprint density at radius 1 is 0.636 bits per heavy atom. The number of aliphatic hydroxyl groups is 1. The summed E-state index contributed by atoms with van der Waals surface area (Å²) in [6, 6.07) is 24.0. The maximum Gasteiger partial charge on any atom is 0.283 e. The zero-order chi connectivity index (χ0) is 16.6. The van der Waals surface area contributed by atoms with Gasteiger partial charge in [-0.3, -0.25) is 0 Å². The van der Waals surface area contributed by atoms with E-state index in [1.807, 2.05) is 72.8 Å². The van der Waals surface area contributed by atoms with Crippen molar-refractivity contribution in [3.05, 3.63) is 72.8 Å². The van der Waals surface area contributed by atoms with Crippen molar-refractivity contribution in [3.63, 3.8) is 0 Å². The molecule has 0 fully saturated rings. The topological polar surface area (TPSA) is 126 Å². The maximum atomic E-state index is 8.35. The average molecular weight is 301 g/mol. The van der Waals surface area contributed by atoms with Gasteiger partial charge in [-0.25, -0.2) is 20.4 Å². The molecular weight excluding hydrogens is 282 g/mol. The van der Waals surface area contributed by atoms with Crippen molar-refractivity contribution in [2.24, 2.45) is 0 Å². The van der Waals surface area contributed by atoms with Gasteiger partial charge in [-0.05, 0) is 0 Å². The monoisotopic (exact) mass is 301 g/mol. The highest BCUT2D eigenvalue weighted by Crippen LogP contribution is 1.80. The van der Waals surface area contributed by atoms with E-state index in [2.05, 4.69) is 0 Å². The molecule has 3 N–H and O–H groups in total. The molecule has 0 saturated heterocycles. The molecule has 0 aliphatic rings. The highest BCUT2D eigenvalue weighted by atomic mass is 16.2. The Labute approximate surface area is 130 Å². The van der Waals surface area contributed by atoms with Crippen molar-refractivity contribution in [1.82, 2.24) is 0 Å². The number of aliphatic hydroxyl groups excluding tert-OH is 1. The lowest BCUT2D eigenvalue weighted by Gasteiger charge is -1.69. The van der Waals surface area contributed by atoms with E-state index in [1.54, 1.807) is 0 Å². The molecule has 2 aromatic carbocycles. The molecule has 0 atom stereocenters. The molecule has 0 aliphatic carbocycles. The van der Waals surface area contributed by atoms with E-state index in [-0.39, 0.29) is 7.43 Å². The van der Waals surface area contributed by atoms with E-state index >= 15 is 0 Å². The van der Waals surface area contributed by atoms with Gasteiger partial charge in [0.25, 0.3) is 6.26 Å². The van der Waals surface area contributed by atoms with Gasteiger partial charge in [0.1, 0.15) is 0 Å². The molecule has 22 heavy (non-hydrogen) atoms. The number of hydrogen-bond donors (Lipinski definition) is 3. The summed E-state index contributed by atoms with van der Waals surface area (Å²) in [5.74, 6) is 0. The Balaban J connectivity index is -0.0000000959. The molecule has 2 rings (SSSR count). The molecule has 0 heterocycles. The molecule has 2 aromatic rings. The quantitative estimate of drug-likeness (QED) is 0.390. The highest BCUT2D eigenvalue weighted by Gasteiger charge is 1.58.